The van der Waals surface area contributed by atoms with Crippen molar-refractivity contribution < 1.29 is 24.0 Å². The number of hydrogen-bond acceptors (Lipinski definition) is 8. The molecule has 170 valence electrons. The number of carbonyl (C=O) groups is 2. The second kappa shape index (κ2) is 8.08. The monoisotopic (exact) mass is 495 g/mol. The lowest BCUT2D eigenvalue weighted by molar-refractivity contribution is -0.384. The number of nitro groups is 1. The number of rotatable bonds is 5. The summed E-state index contributed by atoms with van der Waals surface area (Å²) < 4.78 is 6.16. The fourth-order valence-corrected chi connectivity index (χ4v) is 4.98. The fraction of sp³-hybridized carbons (Fsp3) is 0.0870. The maximum absolute atomic E-state index is 13.4. The van der Waals surface area contributed by atoms with E-state index in [0.29, 0.717) is 16.3 Å². The molecular formula is C23H14ClN3O6S. The first-order valence-electron chi connectivity index (χ1n) is 9.93. The zero-order valence-electron chi connectivity index (χ0n) is 17.4. The normalized spacial score (nSPS) is 16.0. The Morgan fingerprint density at radius 2 is 2.03 bits per heavy atom. The summed E-state index contributed by atoms with van der Waals surface area (Å²) in [6, 6.07) is 12.5. The lowest BCUT2D eigenvalue weighted by Gasteiger charge is -2.24. The van der Waals surface area contributed by atoms with E-state index in [2.05, 4.69) is 4.98 Å². The van der Waals surface area contributed by atoms with Crippen molar-refractivity contribution in [3.8, 4) is 0 Å². The Morgan fingerprint density at radius 3 is 2.74 bits per heavy atom. The van der Waals surface area contributed by atoms with Crippen molar-refractivity contribution >= 4 is 55.7 Å². The van der Waals surface area contributed by atoms with E-state index in [1.807, 2.05) is 0 Å². The molecule has 0 spiro atoms. The zero-order chi connectivity index (χ0) is 24.1. The van der Waals surface area contributed by atoms with Gasteiger partial charge in [0.15, 0.2) is 16.7 Å². The van der Waals surface area contributed by atoms with Crippen LogP contribution in [0.25, 0.3) is 10.2 Å². The maximum Gasteiger partial charge on any atom is 0.296 e. The first-order valence-corrected chi connectivity index (χ1v) is 11.1. The highest BCUT2D eigenvalue weighted by atomic mass is 35.5. The van der Waals surface area contributed by atoms with Crippen LogP contribution in [0, 0.1) is 17.0 Å². The SMILES string of the molecule is Cc1ccc(C(=O)C2=C(O)C(=O)N(c3nc4cc(Cl)ccc4s3)[C@H]2c2cccc([N+](=O)[O-])c2)o1. The summed E-state index contributed by atoms with van der Waals surface area (Å²) >= 11 is 7.22. The van der Waals surface area contributed by atoms with Crippen LogP contribution < -0.4 is 4.90 Å². The summed E-state index contributed by atoms with van der Waals surface area (Å²) in [6.07, 6.45) is 0. The number of hydrogen-bond donors (Lipinski definition) is 1. The number of ketones is 1. The fourth-order valence-electron chi connectivity index (χ4n) is 3.84. The zero-order valence-corrected chi connectivity index (χ0v) is 19.0. The van der Waals surface area contributed by atoms with E-state index in [9.17, 15) is 24.8 Å². The van der Waals surface area contributed by atoms with Crippen LogP contribution in [0.3, 0.4) is 0 Å². The summed E-state index contributed by atoms with van der Waals surface area (Å²) in [4.78, 5) is 43.1. The summed E-state index contributed by atoms with van der Waals surface area (Å²) in [5.74, 6) is -1.93. The molecule has 0 unspecified atom stereocenters. The molecule has 1 atom stereocenters. The molecule has 0 saturated heterocycles. The van der Waals surface area contributed by atoms with Gasteiger partial charge >= 0.3 is 0 Å². The van der Waals surface area contributed by atoms with Gasteiger partial charge < -0.3 is 9.52 Å². The van der Waals surface area contributed by atoms with E-state index < -0.39 is 28.4 Å². The van der Waals surface area contributed by atoms with Gasteiger partial charge in [0.2, 0.25) is 5.78 Å². The number of anilines is 1. The van der Waals surface area contributed by atoms with Crippen LogP contribution in [-0.2, 0) is 4.79 Å². The molecule has 1 aliphatic rings. The summed E-state index contributed by atoms with van der Waals surface area (Å²) in [5.41, 5.74) is 0.305. The van der Waals surface area contributed by atoms with Crippen LogP contribution in [0.5, 0.6) is 0 Å². The number of non-ortho nitro benzene ring substituents is 1. The quantitative estimate of drug-likeness (QED) is 0.218. The second-order valence-electron chi connectivity index (χ2n) is 7.54. The standard InChI is InChI=1S/C23H14ClN3O6S/c1-11-5-7-16(33-11)20(28)18-19(12-3-2-4-14(9-12)27(31)32)26(22(30)21(18)29)23-25-15-10-13(24)6-8-17(15)34-23/h2-10,19,29H,1H3/t19-/m0/s1. The Labute approximate surface area is 200 Å². The molecule has 2 aromatic carbocycles. The van der Waals surface area contributed by atoms with Gasteiger partial charge in [-0.25, -0.2) is 4.98 Å². The molecule has 9 nitrogen and oxygen atoms in total. The molecule has 0 aliphatic carbocycles. The van der Waals surface area contributed by atoms with Crippen molar-refractivity contribution in [2.75, 3.05) is 4.90 Å². The number of benzene rings is 2. The number of aliphatic hydroxyl groups excluding tert-OH is 1. The highest BCUT2D eigenvalue weighted by molar-refractivity contribution is 7.22. The van der Waals surface area contributed by atoms with Crippen LogP contribution in [0.1, 0.15) is 27.9 Å². The second-order valence-corrected chi connectivity index (χ2v) is 8.99. The molecule has 34 heavy (non-hydrogen) atoms. The summed E-state index contributed by atoms with van der Waals surface area (Å²) in [6.45, 7) is 1.65. The number of nitro benzene ring substituents is 1. The van der Waals surface area contributed by atoms with Crippen LogP contribution in [0.15, 0.2) is 70.3 Å². The highest BCUT2D eigenvalue weighted by Crippen LogP contribution is 2.45. The molecule has 1 N–H and O–H groups in total. The van der Waals surface area contributed by atoms with Gasteiger partial charge in [0.05, 0.1) is 26.8 Å². The summed E-state index contributed by atoms with van der Waals surface area (Å²) in [5, 5.41) is 22.9. The molecule has 0 saturated carbocycles. The van der Waals surface area contributed by atoms with Gasteiger partial charge in [0.25, 0.3) is 11.6 Å². The Kier molecular flexibility index (Phi) is 5.18. The average Bonchev–Trinajstić information content (AvgIpc) is 3.49. The van der Waals surface area contributed by atoms with Crippen molar-refractivity contribution in [2.24, 2.45) is 0 Å². The minimum atomic E-state index is -1.17. The number of furan rings is 1. The number of halogens is 1. The average molecular weight is 496 g/mol. The molecule has 4 aromatic rings. The predicted octanol–water partition coefficient (Wildman–Crippen LogP) is 5.54. The topological polar surface area (TPSA) is 127 Å². The largest absolute Gasteiger partial charge is 0.503 e. The first-order chi connectivity index (χ1) is 16.2. The number of thiazole rings is 1. The van der Waals surface area contributed by atoms with Gasteiger partial charge in [-0.15, -0.1) is 0 Å². The van der Waals surface area contributed by atoms with Crippen LogP contribution in [0.4, 0.5) is 10.8 Å². The Balaban J connectivity index is 1.70. The molecule has 5 rings (SSSR count). The number of carbonyl (C=O) groups excluding carboxylic acids is 2. The van der Waals surface area contributed by atoms with Crippen molar-refractivity contribution in [1.29, 1.82) is 0 Å². The molecule has 0 fully saturated rings. The molecule has 1 aliphatic heterocycles. The lowest BCUT2D eigenvalue weighted by Crippen LogP contribution is -2.31. The third kappa shape index (κ3) is 3.53. The van der Waals surface area contributed by atoms with Gasteiger partial charge in [-0.3, -0.25) is 24.6 Å². The number of aryl methyl sites for hydroxylation is 1. The van der Waals surface area contributed by atoms with Gasteiger partial charge in [0, 0.05) is 17.2 Å². The third-order valence-corrected chi connectivity index (χ3v) is 6.63. The van der Waals surface area contributed by atoms with Crippen LogP contribution in [0.2, 0.25) is 5.02 Å². The molecule has 0 bridgehead atoms. The lowest BCUT2D eigenvalue weighted by atomic mass is 9.95. The van der Waals surface area contributed by atoms with E-state index in [-0.39, 0.29) is 27.7 Å². The van der Waals surface area contributed by atoms with E-state index >= 15 is 0 Å². The van der Waals surface area contributed by atoms with E-state index in [0.717, 1.165) is 20.9 Å². The van der Waals surface area contributed by atoms with E-state index in [4.69, 9.17) is 16.0 Å². The number of Topliss-reactive ketones (excluding diaryl/α,β-unsaturated/α-hetero) is 1. The highest BCUT2D eigenvalue weighted by Gasteiger charge is 2.46. The Bertz CT molecular complexity index is 1540. The minimum absolute atomic E-state index is 0.0692. The number of fused-ring (bicyclic) bond motifs is 1. The number of aliphatic hydroxyl groups is 1. The van der Waals surface area contributed by atoms with Gasteiger partial charge in [0.1, 0.15) is 5.76 Å². The molecule has 1 amide bonds. The first kappa shape index (κ1) is 21.8. The number of amides is 1. The third-order valence-electron chi connectivity index (χ3n) is 5.36. The van der Waals surface area contributed by atoms with E-state index in [1.54, 1.807) is 37.3 Å². The maximum atomic E-state index is 13.4. The van der Waals surface area contributed by atoms with Gasteiger partial charge in [-0.1, -0.05) is 35.1 Å². The van der Waals surface area contributed by atoms with Crippen molar-refractivity contribution in [2.45, 2.75) is 13.0 Å². The van der Waals surface area contributed by atoms with Gasteiger partial charge in [-0.2, -0.15) is 0 Å². The van der Waals surface area contributed by atoms with Crippen LogP contribution >= 0.6 is 22.9 Å². The van der Waals surface area contributed by atoms with Crippen LogP contribution in [-0.4, -0.2) is 26.7 Å². The van der Waals surface area contributed by atoms with E-state index in [1.165, 1.54) is 24.3 Å². The minimum Gasteiger partial charge on any atom is -0.503 e. The van der Waals surface area contributed by atoms with Crippen molar-refractivity contribution in [3.63, 3.8) is 0 Å². The number of nitrogens with zero attached hydrogens (tertiary/aromatic N) is 3. The smallest absolute Gasteiger partial charge is 0.296 e. The number of aromatic nitrogens is 1. The molecule has 3 heterocycles. The molecule has 2 aromatic heterocycles. The van der Waals surface area contributed by atoms with Gasteiger partial charge in [-0.05, 0) is 42.8 Å². The molecule has 0 radical (unpaired) electrons. The predicted molar refractivity (Wildman–Crippen MR) is 125 cm³/mol. The molecule has 11 heteroatoms. The summed E-state index contributed by atoms with van der Waals surface area (Å²) in [7, 11) is 0. The van der Waals surface area contributed by atoms with Crippen molar-refractivity contribution in [3.05, 3.63) is 98.2 Å². The Morgan fingerprint density at radius 1 is 1.24 bits per heavy atom. The van der Waals surface area contributed by atoms with Crippen molar-refractivity contribution in [1.82, 2.24) is 4.98 Å². The Hall–Kier alpha value is -4.02. The molecular weight excluding hydrogens is 482 g/mol.